The van der Waals surface area contributed by atoms with Gasteiger partial charge < -0.3 is 20.1 Å². The van der Waals surface area contributed by atoms with E-state index in [9.17, 15) is 0 Å². The van der Waals surface area contributed by atoms with Crippen LogP contribution in [0.25, 0.3) is 10.9 Å². The van der Waals surface area contributed by atoms with Crippen molar-refractivity contribution in [2.24, 2.45) is 4.99 Å². The van der Waals surface area contributed by atoms with Crippen molar-refractivity contribution in [3.63, 3.8) is 0 Å². The van der Waals surface area contributed by atoms with Gasteiger partial charge in [0.25, 0.3) is 0 Å². The fraction of sp³-hybridized carbons (Fsp3) is 0.381. The molecular weight excluding hydrogens is 354 g/mol. The van der Waals surface area contributed by atoms with Crippen molar-refractivity contribution < 1.29 is 0 Å². The first-order valence-corrected chi connectivity index (χ1v) is 10.5. The lowest BCUT2D eigenvalue weighted by molar-refractivity contribution is 0.250. The number of H-pyrrole nitrogens is 1. The number of aromatic amines is 1. The molecule has 5 rings (SSSR count). The molecule has 6 heteroatoms. The third-order valence-electron chi connectivity index (χ3n) is 5.69. The molecule has 0 atom stereocenters. The molecule has 0 aliphatic carbocycles. The minimum absolute atomic E-state index is 0.600. The lowest BCUT2D eigenvalue weighted by Gasteiger charge is -2.39. The minimum Gasteiger partial charge on any atom is -0.359 e. The van der Waals surface area contributed by atoms with Crippen molar-refractivity contribution in [1.82, 2.24) is 9.88 Å². The Kier molecular flexibility index (Phi) is 4.17. The van der Waals surface area contributed by atoms with Crippen molar-refractivity contribution in [1.29, 1.82) is 0 Å². The number of anilines is 2. The van der Waals surface area contributed by atoms with Gasteiger partial charge in [-0.25, -0.2) is 4.99 Å². The molecule has 27 heavy (non-hydrogen) atoms. The van der Waals surface area contributed by atoms with Gasteiger partial charge in [-0.1, -0.05) is 0 Å². The largest absolute Gasteiger partial charge is 0.359 e. The maximum Gasteiger partial charge on any atom is 0.137 e. The number of likely N-dealkylation sites (tertiary alicyclic amines) is 1. The van der Waals surface area contributed by atoms with Crippen LogP contribution in [-0.2, 0) is 0 Å². The van der Waals surface area contributed by atoms with Crippen molar-refractivity contribution in [3.8, 4) is 0 Å². The van der Waals surface area contributed by atoms with Gasteiger partial charge in [-0.2, -0.15) is 0 Å². The van der Waals surface area contributed by atoms with Gasteiger partial charge in [0.2, 0.25) is 0 Å². The smallest absolute Gasteiger partial charge is 0.137 e. The van der Waals surface area contributed by atoms with Gasteiger partial charge in [0.05, 0.1) is 5.56 Å². The van der Waals surface area contributed by atoms with Gasteiger partial charge in [-0.05, 0) is 75.6 Å². The van der Waals surface area contributed by atoms with Crippen LogP contribution in [0, 0.1) is 6.92 Å². The molecule has 0 spiro atoms. The Bertz CT molecular complexity index is 993. The number of thiophene rings is 1. The van der Waals surface area contributed by atoms with Crippen molar-refractivity contribution in [3.05, 3.63) is 47.0 Å². The van der Waals surface area contributed by atoms with E-state index in [0.717, 1.165) is 18.2 Å². The number of aromatic nitrogens is 1. The first-order valence-electron chi connectivity index (χ1n) is 9.61. The monoisotopic (exact) mass is 379 g/mol. The molecule has 0 saturated carbocycles. The van der Waals surface area contributed by atoms with Crippen LogP contribution < -0.4 is 10.2 Å². The molecule has 4 heterocycles. The highest BCUT2D eigenvalue weighted by Gasteiger charge is 2.29. The number of aliphatic imine (C=N–C) groups is 1. The second kappa shape index (κ2) is 6.69. The number of benzene rings is 1. The number of fused-ring (bicyclic) bond motifs is 2. The number of piperidine rings is 1. The molecule has 140 valence electrons. The van der Waals surface area contributed by atoms with E-state index in [2.05, 4.69) is 69.8 Å². The van der Waals surface area contributed by atoms with Gasteiger partial charge in [-0.3, -0.25) is 0 Å². The average molecular weight is 380 g/mol. The lowest BCUT2D eigenvalue weighted by Crippen LogP contribution is -2.45. The maximum absolute atomic E-state index is 4.92. The van der Waals surface area contributed by atoms with Crippen LogP contribution in [0.15, 0.2) is 40.7 Å². The number of nitrogens with one attached hydrogen (secondary N) is 2. The summed E-state index contributed by atoms with van der Waals surface area (Å²) in [5, 5.41) is 8.34. The third kappa shape index (κ3) is 3.13. The molecular formula is C21H25N5S. The second-order valence-electron chi connectivity index (χ2n) is 7.67. The molecule has 3 aromatic rings. The Morgan fingerprint density at radius 3 is 2.89 bits per heavy atom. The average Bonchev–Trinajstić information content (AvgIpc) is 3.28. The zero-order chi connectivity index (χ0) is 18.4. The first-order chi connectivity index (χ1) is 13.2. The Morgan fingerprint density at radius 1 is 1.19 bits per heavy atom. The van der Waals surface area contributed by atoms with Crippen LogP contribution in [0.4, 0.5) is 10.7 Å². The SMILES string of the molecule is Cc1cc2cc(NC3=NCN(C4CCN(C)CC4)c4sccc43)ccc2[nH]1. The Morgan fingerprint density at radius 2 is 2.04 bits per heavy atom. The number of hydrogen-bond acceptors (Lipinski definition) is 5. The van der Waals surface area contributed by atoms with Gasteiger partial charge >= 0.3 is 0 Å². The van der Waals surface area contributed by atoms with Crippen LogP contribution in [-0.4, -0.2) is 48.6 Å². The molecule has 2 aliphatic rings. The van der Waals surface area contributed by atoms with E-state index in [-0.39, 0.29) is 0 Å². The van der Waals surface area contributed by atoms with E-state index < -0.39 is 0 Å². The van der Waals surface area contributed by atoms with E-state index >= 15 is 0 Å². The first kappa shape index (κ1) is 16.8. The van der Waals surface area contributed by atoms with Crippen LogP contribution in [0.5, 0.6) is 0 Å². The minimum atomic E-state index is 0.600. The highest BCUT2D eigenvalue weighted by Crippen LogP contribution is 2.35. The molecule has 2 N–H and O–H groups in total. The Hall–Kier alpha value is -2.31. The molecule has 2 aliphatic heterocycles. The molecule has 5 nitrogen and oxygen atoms in total. The van der Waals surface area contributed by atoms with Gasteiger partial charge in [0.15, 0.2) is 0 Å². The Labute approximate surface area is 163 Å². The number of rotatable bonds is 2. The van der Waals surface area contributed by atoms with Crippen LogP contribution in [0.3, 0.4) is 0 Å². The third-order valence-corrected chi connectivity index (χ3v) is 6.64. The summed E-state index contributed by atoms with van der Waals surface area (Å²) in [5.41, 5.74) is 4.68. The topological polar surface area (TPSA) is 46.7 Å². The molecule has 0 bridgehead atoms. The fourth-order valence-electron chi connectivity index (χ4n) is 4.19. The summed E-state index contributed by atoms with van der Waals surface area (Å²) >= 11 is 1.83. The van der Waals surface area contributed by atoms with E-state index in [1.807, 2.05) is 11.3 Å². The van der Waals surface area contributed by atoms with Crippen LogP contribution in [0.1, 0.15) is 24.1 Å². The fourth-order valence-corrected chi connectivity index (χ4v) is 5.15. The molecule has 0 amide bonds. The van der Waals surface area contributed by atoms with E-state index in [1.165, 1.54) is 53.1 Å². The van der Waals surface area contributed by atoms with Gasteiger partial charge in [-0.15, -0.1) is 11.3 Å². The maximum atomic E-state index is 4.92. The molecule has 1 fully saturated rings. The number of aryl methyl sites for hydroxylation is 1. The van der Waals surface area contributed by atoms with Crippen molar-refractivity contribution in [2.45, 2.75) is 25.8 Å². The molecule has 0 radical (unpaired) electrons. The molecule has 1 aromatic carbocycles. The number of amidine groups is 1. The zero-order valence-electron chi connectivity index (χ0n) is 15.8. The summed E-state index contributed by atoms with van der Waals surface area (Å²) in [4.78, 5) is 13.2. The summed E-state index contributed by atoms with van der Waals surface area (Å²) in [6, 6.07) is 11.4. The summed E-state index contributed by atoms with van der Waals surface area (Å²) in [7, 11) is 2.21. The number of hydrogen-bond donors (Lipinski definition) is 2. The lowest BCUT2D eigenvalue weighted by atomic mass is 10.0. The molecule has 1 saturated heterocycles. The summed E-state index contributed by atoms with van der Waals surface area (Å²) in [6.45, 7) is 5.18. The van der Waals surface area contributed by atoms with Crippen LogP contribution in [0.2, 0.25) is 0 Å². The summed E-state index contributed by atoms with van der Waals surface area (Å²) in [5.74, 6) is 0.988. The van der Waals surface area contributed by atoms with Crippen LogP contribution >= 0.6 is 11.3 Å². The highest BCUT2D eigenvalue weighted by atomic mass is 32.1. The van der Waals surface area contributed by atoms with E-state index in [1.54, 1.807) is 0 Å². The standard InChI is InChI=1S/C21H25N5S/c1-14-11-15-12-16(3-4-19(15)23-14)24-20-18-7-10-27-21(18)26(13-22-20)17-5-8-25(2)9-6-17/h3-4,7,10-12,17,23H,5-6,8-9,13H2,1-2H3,(H,22,24). The predicted octanol–water partition coefficient (Wildman–Crippen LogP) is 4.27. The second-order valence-corrected chi connectivity index (χ2v) is 8.57. The summed E-state index contributed by atoms with van der Waals surface area (Å²) < 4.78 is 0. The molecule has 0 unspecified atom stereocenters. The predicted molar refractivity (Wildman–Crippen MR) is 115 cm³/mol. The van der Waals surface area contributed by atoms with Crippen molar-refractivity contribution >= 4 is 38.8 Å². The van der Waals surface area contributed by atoms with Crippen molar-refractivity contribution in [2.75, 3.05) is 37.0 Å². The molecule has 2 aromatic heterocycles. The van der Waals surface area contributed by atoms with E-state index in [4.69, 9.17) is 4.99 Å². The number of nitrogens with zero attached hydrogens (tertiary/aromatic N) is 3. The zero-order valence-corrected chi connectivity index (χ0v) is 16.6. The van der Waals surface area contributed by atoms with E-state index in [0.29, 0.717) is 6.04 Å². The summed E-state index contributed by atoms with van der Waals surface area (Å²) in [6.07, 6.45) is 2.44. The van der Waals surface area contributed by atoms with Gasteiger partial charge in [0, 0.05) is 28.3 Å². The quantitative estimate of drug-likeness (QED) is 0.699. The normalized spacial score (nSPS) is 18.6. The highest BCUT2D eigenvalue weighted by molar-refractivity contribution is 7.14. The van der Waals surface area contributed by atoms with Gasteiger partial charge in [0.1, 0.15) is 17.5 Å². The Balaban J connectivity index is 1.39.